The van der Waals surface area contributed by atoms with E-state index in [9.17, 15) is 0 Å². The van der Waals surface area contributed by atoms with Gasteiger partial charge in [0.2, 0.25) is 0 Å². The third-order valence-electron chi connectivity index (χ3n) is 3.01. The van der Waals surface area contributed by atoms with Gasteiger partial charge >= 0.3 is 0 Å². The number of rotatable bonds is 3. The lowest BCUT2D eigenvalue weighted by Crippen LogP contribution is -2.26. The third kappa shape index (κ3) is 1.97. The first-order valence-corrected chi connectivity index (χ1v) is 6.02. The molecule has 1 aliphatic heterocycles. The summed E-state index contributed by atoms with van der Waals surface area (Å²) in [5, 5.41) is 3.27. The van der Waals surface area contributed by atoms with Crippen LogP contribution in [0.1, 0.15) is 24.4 Å². The molecule has 1 saturated heterocycles. The Balaban J connectivity index is 1.97. The summed E-state index contributed by atoms with van der Waals surface area (Å²) in [6, 6.07) is 0.464. The van der Waals surface area contributed by atoms with Crippen molar-refractivity contribution in [3.8, 4) is 0 Å². The molecule has 2 N–H and O–H groups in total. The van der Waals surface area contributed by atoms with Gasteiger partial charge in [-0.3, -0.25) is 4.90 Å². The van der Waals surface area contributed by atoms with E-state index < -0.39 is 0 Å². The van der Waals surface area contributed by atoms with Crippen molar-refractivity contribution in [1.29, 1.82) is 0 Å². The minimum absolute atomic E-state index is 0.464. The van der Waals surface area contributed by atoms with Crippen molar-refractivity contribution in [3.05, 3.63) is 16.6 Å². The van der Waals surface area contributed by atoms with Crippen LogP contribution < -0.4 is 5.73 Å². The predicted octanol–water partition coefficient (Wildman–Crippen LogP) is 1.48. The largest absolute Gasteiger partial charge is 0.330 e. The summed E-state index contributed by atoms with van der Waals surface area (Å²) in [4.78, 5) is 6.84. The van der Waals surface area contributed by atoms with Crippen molar-refractivity contribution in [2.45, 2.75) is 19.4 Å². The second-order valence-electron chi connectivity index (χ2n) is 3.93. The Labute approximate surface area is 88.9 Å². The zero-order valence-corrected chi connectivity index (χ0v) is 9.33. The lowest BCUT2D eigenvalue weighted by Gasteiger charge is -2.22. The average molecular weight is 211 g/mol. The van der Waals surface area contributed by atoms with E-state index in [1.165, 1.54) is 18.0 Å². The Morgan fingerprint density at radius 2 is 2.64 bits per heavy atom. The smallest absolute Gasteiger partial charge is 0.109 e. The lowest BCUT2D eigenvalue weighted by molar-refractivity contribution is 0.253. The lowest BCUT2D eigenvalue weighted by atomic mass is 10.1. The van der Waals surface area contributed by atoms with Crippen LogP contribution in [0.15, 0.2) is 11.6 Å². The van der Waals surface area contributed by atoms with E-state index in [1.807, 2.05) is 11.6 Å². The molecular formula is C10H17N3S. The Bertz CT molecular complexity index is 273. The normalized spacial score (nSPS) is 25.4. The minimum Gasteiger partial charge on any atom is -0.330 e. The molecule has 1 aromatic rings. The van der Waals surface area contributed by atoms with Crippen LogP contribution in [0, 0.1) is 5.92 Å². The van der Waals surface area contributed by atoms with Gasteiger partial charge < -0.3 is 5.73 Å². The summed E-state index contributed by atoms with van der Waals surface area (Å²) in [6.45, 7) is 5.36. The Hall–Kier alpha value is -0.450. The van der Waals surface area contributed by atoms with Gasteiger partial charge in [0.05, 0.1) is 6.04 Å². The molecule has 0 bridgehead atoms. The number of nitrogens with two attached hydrogens (primary N) is 1. The summed E-state index contributed by atoms with van der Waals surface area (Å²) in [7, 11) is 0. The molecule has 14 heavy (non-hydrogen) atoms. The van der Waals surface area contributed by atoms with Crippen LogP contribution in [-0.4, -0.2) is 29.5 Å². The standard InChI is InChI=1S/C10H17N3S/c1-8(10-12-3-5-14-10)13-4-2-9(6-11)7-13/h3,5,8-9H,2,4,6-7,11H2,1H3/t8-,9-/m1/s1. The molecule has 1 aromatic heterocycles. The van der Waals surface area contributed by atoms with Gasteiger partial charge in [-0.2, -0.15) is 0 Å². The zero-order valence-electron chi connectivity index (χ0n) is 8.52. The molecule has 0 radical (unpaired) electrons. The number of thiazole rings is 1. The number of likely N-dealkylation sites (tertiary alicyclic amines) is 1. The average Bonchev–Trinajstić information content (AvgIpc) is 2.88. The first-order valence-electron chi connectivity index (χ1n) is 5.14. The summed E-state index contributed by atoms with van der Waals surface area (Å²) >= 11 is 1.74. The van der Waals surface area contributed by atoms with Crippen molar-refractivity contribution in [1.82, 2.24) is 9.88 Å². The molecule has 3 nitrogen and oxygen atoms in total. The van der Waals surface area contributed by atoms with E-state index >= 15 is 0 Å². The van der Waals surface area contributed by atoms with Gasteiger partial charge in [-0.1, -0.05) is 0 Å². The van der Waals surface area contributed by atoms with Crippen LogP contribution in [0.4, 0.5) is 0 Å². The van der Waals surface area contributed by atoms with E-state index in [0.29, 0.717) is 12.0 Å². The van der Waals surface area contributed by atoms with Crippen LogP contribution in [0.5, 0.6) is 0 Å². The highest BCUT2D eigenvalue weighted by Crippen LogP contribution is 2.27. The Morgan fingerprint density at radius 1 is 1.79 bits per heavy atom. The molecule has 2 heterocycles. The number of nitrogens with zero attached hydrogens (tertiary/aromatic N) is 2. The van der Waals surface area contributed by atoms with Crippen molar-refractivity contribution in [2.24, 2.45) is 11.7 Å². The zero-order chi connectivity index (χ0) is 9.97. The molecule has 0 aliphatic carbocycles. The predicted molar refractivity (Wildman–Crippen MR) is 59.3 cm³/mol. The first kappa shape index (κ1) is 10.1. The molecule has 0 spiro atoms. The summed E-state index contributed by atoms with van der Waals surface area (Å²) < 4.78 is 0. The fourth-order valence-electron chi connectivity index (χ4n) is 2.00. The molecule has 4 heteroatoms. The monoisotopic (exact) mass is 211 g/mol. The maximum atomic E-state index is 5.68. The van der Waals surface area contributed by atoms with E-state index in [4.69, 9.17) is 5.73 Å². The maximum Gasteiger partial charge on any atom is 0.109 e. The van der Waals surface area contributed by atoms with Crippen molar-refractivity contribution in [3.63, 3.8) is 0 Å². The number of hydrogen-bond acceptors (Lipinski definition) is 4. The highest BCUT2D eigenvalue weighted by molar-refractivity contribution is 7.09. The van der Waals surface area contributed by atoms with Crippen LogP contribution in [0.2, 0.25) is 0 Å². The van der Waals surface area contributed by atoms with E-state index in [1.54, 1.807) is 11.3 Å². The highest BCUT2D eigenvalue weighted by atomic mass is 32.1. The van der Waals surface area contributed by atoms with Crippen LogP contribution >= 0.6 is 11.3 Å². The molecule has 1 aliphatic rings. The molecule has 78 valence electrons. The molecule has 0 amide bonds. The highest BCUT2D eigenvalue weighted by Gasteiger charge is 2.26. The van der Waals surface area contributed by atoms with Gasteiger partial charge in [0.1, 0.15) is 5.01 Å². The number of aromatic nitrogens is 1. The third-order valence-corrected chi connectivity index (χ3v) is 3.95. The van der Waals surface area contributed by atoms with Crippen LogP contribution in [0.3, 0.4) is 0 Å². The van der Waals surface area contributed by atoms with Gasteiger partial charge in [-0.15, -0.1) is 11.3 Å². The molecule has 2 rings (SSSR count). The topological polar surface area (TPSA) is 42.2 Å². The Kier molecular flexibility index (Phi) is 3.15. The maximum absolute atomic E-state index is 5.68. The summed E-state index contributed by atoms with van der Waals surface area (Å²) in [6.07, 6.45) is 3.12. The fourth-order valence-corrected chi connectivity index (χ4v) is 2.73. The number of hydrogen-bond donors (Lipinski definition) is 1. The van der Waals surface area contributed by atoms with Gasteiger partial charge in [-0.25, -0.2) is 4.98 Å². The molecule has 2 atom stereocenters. The molecule has 0 aromatic carbocycles. The summed E-state index contributed by atoms with van der Waals surface area (Å²) in [5.41, 5.74) is 5.68. The van der Waals surface area contributed by atoms with E-state index in [2.05, 4.69) is 16.8 Å². The van der Waals surface area contributed by atoms with E-state index in [-0.39, 0.29) is 0 Å². The van der Waals surface area contributed by atoms with Gasteiger partial charge in [-0.05, 0) is 32.4 Å². The van der Waals surface area contributed by atoms with Crippen molar-refractivity contribution < 1.29 is 0 Å². The molecule has 0 unspecified atom stereocenters. The SMILES string of the molecule is C[C@H](c1nccs1)N1CC[C@H](CN)C1. The molecule has 0 saturated carbocycles. The molecular weight excluding hydrogens is 194 g/mol. The van der Waals surface area contributed by atoms with Crippen LogP contribution in [-0.2, 0) is 0 Å². The first-order chi connectivity index (χ1) is 6.81. The molecule has 1 fully saturated rings. The fraction of sp³-hybridized carbons (Fsp3) is 0.700. The quantitative estimate of drug-likeness (QED) is 0.823. The van der Waals surface area contributed by atoms with Crippen LogP contribution in [0.25, 0.3) is 0 Å². The second-order valence-corrected chi connectivity index (χ2v) is 4.86. The van der Waals surface area contributed by atoms with Gasteiger partial charge in [0, 0.05) is 18.1 Å². The van der Waals surface area contributed by atoms with Gasteiger partial charge in [0.15, 0.2) is 0 Å². The summed E-state index contributed by atoms with van der Waals surface area (Å²) in [5.74, 6) is 0.692. The van der Waals surface area contributed by atoms with Crippen molar-refractivity contribution >= 4 is 11.3 Å². The Morgan fingerprint density at radius 3 is 3.21 bits per heavy atom. The van der Waals surface area contributed by atoms with Crippen molar-refractivity contribution in [2.75, 3.05) is 19.6 Å². The van der Waals surface area contributed by atoms with Gasteiger partial charge in [0.25, 0.3) is 0 Å². The van der Waals surface area contributed by atoms with E-state index in [0.717, 1.165) is 13.1 Å². The minimum atomic E-state index is 0.464. The second kappa shape index (κ2) is 4.38.